The molecule has 4 N–H and O–H groups in total. The Kier molecular flexibility index (Phi) is 10.5. The fourth-order valence-electron chi connectivity index (χ4n) is 3.62. The van der Waals surface area contributed by atoms with Gasteiger partial charge in [0.25, 0.3) is 0 Å². The Hall–Kier alpha value is -3.80. The summed E-state index contributed by atoms with van der Waals surface area (Å²) in [5.74, 6) is 0. The first-order chi connectivity index (χ1) is 16.7. The van der Waals surface area contributed by atoms with Crippen LogP contribution in [-0.2, 0) is 25.9 Å². The number of aryl methyl sites for hydroxylation is 2. The molecule has 3 aromatic rings. The minimum atomic E-state index is -0.175. The fraction of sp³-hybridized carbons (Fsp3) is 0.286. The van der Waals surface area contributed by atoms with Crippen LogP contribution in [0.2, 0.25) is 0 Å². The first-order valence-corrected chi connectivity index (χ1v) is 11.9. The van der Waals surface area contributed by atoms with E-state index in [1.807, 2.05) is 60.7 Å². The maximum absolute atomic E-state index is 12.1. The summed E-state index contributed by atoms with van der Waals surface area (Å²) in [5, 5.41) is 11.6. The second kappa shape index (κ2) is 14.4. The zero-order chi connectivity index (χ0) is 23.8. The van der Waals surface area contributed by atoms with Crippen LogP contribution < -0.4 is 21.3 Å². The van der Waals surface area contributed by atoms with Gasteiger partial charge in [0.2, 0.25) is 0 Å². The molecule has 34 heavy (non-hydrogen) atoms. The minimum absolute atomic E-state index is 0.175. The summed E-state index contributed by atoms with van der Waals surface area (Å²) in [6.45, 7) is 2.13. The Morgan fingerprint density at radius 3 is 1.35 bits per heavy atom. The molecule has 0 radical (unpaired) electrons. The van der Waals surface area contributed by atoms with Gasteiger partial charge in [-0.15, -0.1) is 0 Å². The molecule has 0 saturated heterocycles. The minimum Gasteiger partial charge on any atom is -0.338 e. The van der Waals surface area contributed by atoms with Gasteiger partial charge in [-0.25, -0.2) is 9.59 Å². The normalized spacial score (nSPS) is 10.4. The van der Waals surface area contributed by atoms with Crippen molar-refractivity contribution in [3.63, 3.8) is 0 Å². The van der Waals surface area contributed by atoms with E-state index in [1.165, 1.54) is 11.1 Å². The lowest BCUT2D eigenvalue weighted by Gasteiger charge is -2.10. The van der Waals surface area contributed by atoms with Gasteiger partial charge in [-0.3, -0.25) is 0 Å². The molecule has 0 aliphatic heterocycles. The number of urea groups is 2. The highest BCUT2D eigenvalue weighted by molar-refractivity contribution is 5.74. The SMILES string of the molecule is O=C(NCCCc1ccccc1)NCc1cccc(CNC(=O)NCCCc2ccccc2)c1. The number of nitrogens with one attached hydrogen (secondary N) is 4. The second-order valence-corrected chi connectivity index (χ2v) is 8.22. The second-order valence-electron chi connectivity index (χ2n) is 8.22. The third-order valence-corrected chi connectivity index (χ3v) is 5.44. The molecule has 0 fully saturated rings. The molecule has 0 aliphatic carbocycles. The molecule has 0 unspecified atom stereocenters. The highest BCUT2D eigenvalue weighted by Gasteiger charge is 2.04. The topological polar surface area (TPSA) is 82.3 Å². The van der Waals surface area contributed by atoms with Crippen molar-refractivity contribution in [2.45, 2.75) is 38.8 Å². The summed E-state index contributed by atoms with van der Waals surface area (Å²) in [6, 6.07) is 28.0. The zero-order valence-corrected chi connectivity index (χ0v) is 19.6. The maximum Gasteiger partial charge on any atom is 0.315 e. The lowest BCUT2D eigenvalue weighted by molar-refractivity contribution is 0.239. The summed E-state index contributed by atoms with van der Waals surface area (Å²) < 4.78 is 0. The van der Waals surface area contributed by atoms with E-state index in [0.29, 0.717) is 26.2 Å². The monoisotopic (exact) mass is 458 g/mol. The molecule has 178 valence electrons. The molecule has 0 heterocycles. The van der Waals surface area contributed by atoms with Crippen LogP contribution >= 0.6 is 0 Å². The lowest BCUT2D eigenvalue weighted by Crippen LogP contribution is -2.36. The number of carbonyl (C=O) groups excluding carboxylic acids is 2. The molecule has 0 aliphatic rings. The molecule has 3 rings (SSSR count). The van der Waals surface area contributed by atoms with E-state index >= 15 is 0 Å². The number of carbonyl (C=O) groups is 2. The van der Waals surface area contributed by atoms with Crippen molar-refractivity contribution in [1.29, 1.82) is 0 Å². The highest BCUT2D eigenvalue weighted by Crippen LogP contribution is 2.06. The van der Waals surface area contributed by atoms with E-state index in [9.17, 15) is 9.59 Å². The predicted molar refractivity (Wildman–Crippen MR) is 136 cm³/mol. The summed E-state index contributed by atoms with van der Waals surface area (Å²) in [7, 11) is 0. The smallest absolute Gasteiger partial charge is 0.315 e. The average Bonchev–Trinajstić information content (AvgIpc) is 2.88. The Bertz CT molecular complexity index is 930. The highest BCUT2D eigenvalue weighted by atomic mass is 16.2. The molecular weight excluding hydrogens is 424 g/mol. The van der Waals surface area contributed by atoms with E-state index < -0.39 is 0 Å². The fourth-order valence-corrected chi connectivity index (χ4v) is 3.62. The van der Waals surface area contributed by atoms with Gasteiger partial charge in [0.05, 0.1) is 0 Å². The third kappa shape index (κ3) is 9.77. The van der Waals surface area contributed by atoms with Gasteiger partial charge in [0.15, 0.2) is 0 Å². The Morgan fingerprint density at radius 1 is 0.500 bits per heavy atom. The van der Waals surface area contributed by atoms with Crippen molar-refractivity contribution >= 4 is 12.1 Å². The van der Waals surface area contributed by atoms with Crippen molar-refractivity contribution in [2.24, 2.45) is 0 Å². The summed E-state index contributed by atoms with van der Waals surface area (Å²) in [4.78, 5) is 24.1. The van der Waals surface area contributed by atoms with Gasteiger partial charge >= 0.3 is 12.1 Å². The van der Waals surface area contributed by atoms with Crippen LogP contribution in [0, 0.1) is 0 Å². The van der Waals surface area contributed by atoms with E-state index in [0.717, 1.165) is 36.8 Å². The van der Waals surface area contributed by atoms with Crippen molar-refractivity contribution in [3.8, 4) is 0 Å². The molecule has 0 saturated carbocycles. The summed E-state index contributed by atoms with van der Waals surface area (Å²) in [6.07, 6.45) is 3.67. The summed E-state index contributed by atoms with van der Waals surface area (Å²) in [5.41, 5.74) is 4.52. The predicted octanol–water partition coefficient (Wildman–Crippen LogP) is 4.55. The van der Waals surface area contributed by atoms with Crippen LogP contribution in [-0.4, -0.2) is 25.2 Å². The number of benzene rings is 3. The Balaban J connectivity index is 1.27. The van der Waals surface area contributed by atoms with E-state index in [2.05, 4.69) is 45.5 Å². The van der Waals surface area contributed by atoms with Crippen molar-refractivity contribution < 1.29 is 9.59 Å². The first kappa shape index (κ1) is 24.8. The Labute approximate surface area is 202 Å². The molecule has 6 heteroatoms. The standard InChI is InChI=1S/C28H34N4O2/c33-27(29-18-8-16-23-10-3-1-4-11-23)31-21-25-14-7-15-26(20-25)22-32-28(34)30-19-9-17-24-12-5-2-6-13-24/h1-7,10-15,20H,8-9,16-19,21-22H2,(H2,29,31,33)(H2,30,32,34). The van der Waals surface area contributed by atoms with Crippen LogP contribution in [0.5, 0.6) is 0 Å². The maximum atomic E-state index is 12.1. The van der Waals surface area contributed by atoms with Crippen LogP contribution in [0.15, 0.2) is 84.9 Å². The number of hydrogen-bond acceptors (Lipinski definition) is 2. The van der Waals surface area contributed by atoms with E-state index in [-0.39, 0.29) is 12.1 Å². The van der Waals surface area contributed by atoms with Crippen LogP contribution in [0.3, 0.4) is 0 Å². The molecular formula is C28H34N4O2. The van der Waals surface area contributed by atoms with Crippen LogP contribution in [0.25, 0.3) is 0 Å². The molecule has 3 aromatic carbocycles. The number of hydrogen-bond donors (Lipinski definition) is 4. The van der Waals surface area contributed by atoms with Crippen LogP contribution in [0.1, 0.15) is 35.1 Å². The zero-order valence-electron chi connectivity index (χ0n) is 19.6. The van der Waals surface area contributed by atoms with Crippen molar-refractivity contribution in [1.82, 2.24) is 21.3 Å². The molecule has 0 bridgehead atoms. The van der Waals surface area contributed by atoms with Crippen molar-refractivity contribution in [3.05, 3.63) is 107 Å². The van der Waals surface area contributed by atoms with Crippen molar-refractivity contribution in [2.75, 3.05) is 13.1 Å². The van der Waals surface area contributed by atoms with Crippen LogP contribution in [0.4, 0.5) is 9.59 Å². The molecule has 0 aromatic heterocycles. The molecule has 6 nitrogen and oxygen atoms in total. The van der Waals surface area contributed by atoms with Gasteiger partial charge < -0.3 is 21.3 Å². The molecule has 0 spiro atoms. The molecule has 0 atom stereocenters. The summed E-state index contributed by atoms with van der Waals surface area (Å²) >= 11 is 0. The van der Waals surface area contributed by atoms with E-state index in [1.54, 1.807) is 0 Å². The number of rotatable bonds is 12. The quantitative estimate of drug-likeness (QED) is 0.300. The van der Waals surface area contributed by atoms with Gasteiger partial charge in [-0.05, 0) is 47.9 Å². The lowest BCUT2D eigenvalue weighted by atomic mass is 10.1. The third-order valence-electron chi connectivity index (χ3n) is 5.44. The van der Waals surface area contributed by atoms with E-state index in [4.69, 9.17) is 0 Å². The average molecular weight is 459 g/mol. The largest absolute Gasteiger partial charge is 0.338 e. The van der Waals surface area contributed by atoms with Gasteiger partial charge in [-0.1, -0.05) is 84.9 Å². The Morgan fingerprint density at radius 2 is 0.912 bits per heavy atom. The van der Waals surface area contributed by atoms with Gasteiger partial charge in [0, 0.05) is 26.2 Å². The number of amides is 4. The first-order valence-electron chi connectivity index (χ1n) is 11.9. The molecule has 4 amide bonds. The van der Waals surface area contributed by atoms with Gasteiger partial charge in [-0.2, -0.15) is 0 Å². The van der Waals surface area contributed by atoms with Gasteiger partial charge in [0.1, 0.15) is 0 Å².